The van der Waals surface area contributed by atoms with E-state index in [1.807, 2.05) is 0 Å². The van der Waals surface area contributed by atoms with Crippen LogP contribution in [0.3, 0.4) is 0 Å². The summed E-state index contributed by atoms with van der Waals surface area (Å²) in [6, 6.07) is 0. The van der Waals surface area contributed by atoms with E-state index >= 15 is 0 Å². The van der Waals surface area contributed by atoms with Crippen LogP contribution in [0.2, 0.25) is 0 Å². The van der Waals surface area contributed by atoms with Crippen LogP contribution in [-0.4, -0.2) is 0 Å². The summed E-state index contributed by atoms with van der Waals surface area (Å²) in [5, 5.41) is 0. The van der Waals surface area contributed by atoms with Gasteiger partial charge in [0.1, 0.15) is 0 Å². The summed E-state index contributed by atoms with van der Waals surface area (Å²) in [4.78, 5) is 0. The number of hydrogen-bond acceptors (Lipinski definition) is 0. The minimum atomic E-state index is 0.714. The van der Waals surface area contributed by atoms with Crippen molar-refractivity contribution < 1.29 is 0 Å². The van der Waals surface area contributed by atoms with Gasteiger partial charge in [-0.2, -0.15) is 0 Å². The first-order chi connectivity index (χ1) is 6.11. The molecular weight excluding hydrogens is 156 g/mol. The summed E-state index contributed by atoms with van der Waals surface area (Å²) in [5.41, 5.74) is 1.34. The molecule has 0 heteroatoms. The van der Waals surface area contributed by atoms with Crippen molar-refractivity contribution in [1.82, 2.24) is 0 Å². The van der Waals surface area contributed by atoms with E-state index in [9.17, 15) is 0 Å². The van der Waals surface area contributed by atoms with Crippen molar-refractivity contribution in [2.45, 2.75) is 59.8 Å². The molecule has 0 aliphatic carbocycles. The van der Waals surface area contributed by atoms with Crippen molar-refractivity contribution in [3.63, 3.8) is 0 Å². The van der Waals surface area contributed by atoms with Crippen molar-refractivity contribution in [2.24, 2.45) is 11.8 Å². The first-order valence-electron chi connectivity index (χ1n) is 5.77. The van der Waals surface area contributed by atoms with Crippen molar-refractivity contribution >= 4 is 0 Å². The van der Waals surface area contributed by atoms with Gasteiger partial charge in [0.15, 0.2) is 0 Å². The van der Waals surface area contributed by atoms with Crippen molar-refractivity contribution in [3.8, 4) is 0 Å². The SMILES string of the molecule is C=C(C)C(C)CCC(CC)CCC. The molecule has 0 rings (SSSR count). The Morgan fingerprint density at radius 2 is 1.77 bits per heavy atom. The molecule has 0 saturated heterocycles. The fraction of sp³-hybridized carbons (Fsp3) is 0.846. The molecule has 78 valence electrons. The van der Waals surface area contributed by atoms with E-state index in [0.29, 0.717) is 5.92 Å². The number of hydrogen-bond donors (Lipinski definition) is 0. The molecule has 0 spiro atoms. The van der Waals surface area contributed by atoms with Crippen LogP contribution in [0.5, 0.6) is 0 Å². The zero-order chi connectivity index (χ0) is 10.3. The number of rotatable bonds is 7. The van der Waals surface area contributed by atoms with Gasteiger partial charge in [0, 0.05) is 0 Å². The molecule has 13 heavy (non-hydrogen) atoms. The van der Waals surface area contributed by atoms with Gasteiger partial charge in [-0.25, -0.2) is 0 Å². The minimum Gasteiger partial charge on any atom is -0.0999 e. The molecule has 2 atom stereocenters. The highest BCUT2D eigenvalue weighted by atomic mass is 14.1. The highest BCUT2D eigenvalue weighted by molar-refractivity contribution is 4.93. The second-order valence-electron chi connectivity index (χ2n) is 4.39. The summed E-state index contributed by atoms with van der Waals surface area (Å²) in [6.07, 6.45) is 6.79. The van der Waals surface area contributed by atoms with E-state index in [2.05, 4.69) is 34.3 Å². The van der Waals surface area contributed by atoms with E-state index in [-0.39, 0.29) is 0 Å². The third kappa shape index (κ3) is 5.90. The average molecular weight is 182 g/mol. The Bertz CT molecular complexity index is 135. The predicted octanol–water partition coefficient (Wildman–Crippen LogP) is 4.81. The Morgan fingerprint density at radius 3 is 2.15 bits per heavy atom. The van der Waals surface area contributed by atoms with Crippen LogP contribution in [0.1, 0.15) is 59.8 Å². The fourth-order valence-electron chi connectivity index (χ4n) is 1.69. The Balaban J connectivity index is 3.64. The molecule has 0 aromatic carbocycles. The number of allylic oxidation sites excluding steroid dienone is 1. The summed E-state index contributed by atoms with van der Waals surface area (Å²) >= 11 is 0. The predicted molar refractivity (Wildman–Crippen MR) is 61.9 cm³/mol. The summed E-state index contributed by atoms with van der Waals surface area (Å²) in [5.74, 6) is 1.66. The molecule has 0 aromatic rings. The lowest BCUT2D eigenvalue weighted by molar-refractivity contribution is 0.394. The maximum atomic E-state index is 4.00. The van der Waals surface area contributed by atoms with Crippen LogP contribution in [0.4, 0.5) is 0 Å². The van der Waals surface area contributed by atoms with Gasteiger partial charge < -0.3 is 0 Å². The van der Waals surface area contributed by atoms with E-state index in [0.717, 1.165) is 5.92 Å². The van der Waals surface area contributed by atoms with Gasteiger partial charge in [0.05, 0.1) is 0 Å². The third-order valence-electron chi connectivity index (χ3n) is 3.12. The molecule has 0 N–H and O–H groups in total. The Hall–Kier alpha value is -0.260. The van der Waals surface area contributed by atoms with Crippen LogP contribution in [0.25, 0.3) is 0 Å². The highest BCUT2D eigenvalue weighted by Gasteiger charge is 2.08. The van der Waals surface area contributed by atoms with E-state index < -0.39 is 0 Å². The monoisotopic (exact) mass is 182 g/mol. The van der Waals surface area contributed by atoms with Gasteiger partial charge in [-0.3, -0.25) is 0 Å². The Kier molecular flexibility index (Phi) is 7.03. The lowest BCUT2D eigenvalue weighted by atomic mass is 9.89. The second-order valence-corrected chi connectivity index (χ2v) is 4.39. The molecule has 0 aliphatic rings. The average Bonchev–Trinajstić information content (AvgIpc) is 2.11. The molecule has 0 fully saturated rings. The fourth-order valence-corrected chi connectivity index (χ4v) is 1.69. The van der Waals surface area contributed by atoms with E-state index in [4.69, 9.17) is 0 Å². The lowest BCUT2D eigenvalue weighted by Gasteiger charge is -2.17. The maximum absolute atomic E-state index is 4.00. The van der Waals surface area contributed by atoms with Gasteiger partial charge in [0.2, 0.25) is 0 Å². The van der Waals surface area contributed by atoms with E-state index in [1.54, 1.807) is 0 Å². The molecule has 0 amide bonds. The highest BCUT2D eigenvalue weighted by Crippen LogP contribution is 2.22. The summed E-state index contributed by atoms with van der Waals surface area (Å²) in [6.45, 7) is 13.0. The van der Waals surface area contributed by atoms with Gasteiger partial charge in [-0.15, -0.1) is 0 Å². The topological polar surface area (TPSA) is 0 Å². The molecule has 0 heterocycles. The molecule has 0 nitrogen and oxygen atoms in total. The zero-order valence-corrected chi connectivity index (χ0v) is 9.90. The Labute approximate surface area is 84.4 Å². The van der Waals surface area contributed by atoms with Gasteiger partial charge >= 0.3 is 0 Å². The molecule has 0 aliphatic heterocycles. The lowest BCUT2D eigenvalue weighted by Crippen LogP contribution is -2.03. The smallest absolute Gasteiger partial charge is 0.0237 e. The molecule has 0 radical (unpaired) electrons. The molecule has 2 unspecified atom stereocenters. The largest absolute Gasteiger partial charge is 0.0999 e. The quantitative estimate of drug-likeness (QED) is 0.496. The Morgan fingerprint density at radius 1 is 1.15 bits per heavy atom. The molecule has 0 aromatic heterocycles. The normalized spacial score (nSPS) is 15.4. The maximum Gasteiger partial charge on any atom is -0.0237 e. The van der Waals surface area contributed by atoms with Gasteiger partial charge in [0.25, 0.3) is 0 Å². The second kappa shape index (κ2) is 7.17. The van der Waals surface area contributed by atoms with Gasteiger partial charge in [-0.1, -0.05) is 52.2 Å². The minimum absolute atomic E-state index is 0.714. The van der Waals surface area contributed by atoms with E-state index in [1.165, 1.54) is 37.7 Å². The van der Waals surface area contributed by atoms with Gasteiger partial charge in [-0.05, 0) is 31.6 Å². The van der Waals surface area contributed by atoms with Crippen LogP contribution in [-0.2, 0) is 0 Å². The van der Waals surface area contributed by atoms with Crippen LogP contribution < -0.4 is 0 Å². The zero-order valence-electron chi connectivity index (χ0n) is 9.90. The van der Waals surface area contributed by atoms with Crippen LogP contribution in [0, 0.1) is 11.8 Å². The summed E-state index contributed by atoms with van der Waals surface area (Å²) < 4.78 is 0. The third-order valence-corrected chi connectivity index (χ3v) is 3.12. The molecule has 0 bridgehead atoms. The molecular formula is C13H26. The van der Waals surface area contributed by atoms with Crippen LogP contribution in [0.15, 0.2) is 12.2 Å². The first kappa shape index (κ1) is 12.7. The molecule has 0 saturated carbocycles. The first-order valence-corrected chi connectivity index (χ1v) is 5.77. The van der Waals surface area contributed by atoms with Crippen molar-refractivity contribution in [1.29, 1.82) is 0 Å². The van der Waals surface area contributed by atoms with Crippen molar-refractivity contribution in [3.05, 3.63) is 12.2 Å². The summed E-state index contributed by atoms with van der Waals surface area (Å²) in [7, 11) is 0. The van der Waals surface area contributed by atoms with Crippen molar-refractivity contribution in [2.75, 3.05) is 0 Å². The standard InChI is InChI=1S/C13H26/c1-6-8-13(7-2)10-9-12(5)11(3)4/h12-13H,3,6-10H2,1-2,4-5H3. The van der Waals surface area contributed by atoms with Crippen LogP contribution >= 0.6 is 0 Å².